The predicted octanol–water partition coefficient (Wildman–Crippen LogP) is 3.33. The highest BCUT2D eigenvalue weighted by molar-refractivity contribution is 7.92. The Morgan fingerprint density at radius 3 is 2.72 bits per heavy atom. The standard InChI is InChI=1S/C24H30ClN7O3S/c1-14-13-32-22(28-23(14)27-17-10-16(26)11-17)12-20(29-32)21-5-3-4-8-31(21)24(33)18-9-15(25)6-7-19(18)30-36(2,34)35/h6-7,9,12-13,16-17,21,30H,3-5,8,10-11,26H2,1-2H3,(H,27,28). The summed E-state index contributed by atoms with van der Waals surface area (Å²) < 4.78 is 27.9. The van der Waals surface area contributed by atoms with Gasteiger partial charge in [0, 0.05) is 41.5 Å². The number of likely N-dealkylation sites (tertiary alicyclic amines) is 1. The number of aryl methyl sites for hydroxylation is 1. The number of carbonyl (C=O) groups is 1. The minimum atomic E-state index is -3.58. The van der Waals surface area contributed by atoms with Crippen LogP contribution in [-0.4, -0.2) is 58.7 Å². The maximum Gasteiger partial charge on any atom is 0.256 e. The van der Waals surface area contributed by atoms with Crippen LogP contribution in [0.2, 0.25) is 5.02 Å². The van der Waals surface area contributed by atoms with Gasteiger partial charge >= 0.3 is 0 Å². The van der Waals surface area contributed by atoms with E-state index in [9.17, 15) is 13.2 Å². The second-order valence-electron chi connectivity index (χ2n) is 9.79. The number of rotatable bonds is 6. The van der Waals surface area contributed by atoms with E-state index in [1.54, 1.807) is 15.5 Å². The number of nitrogens with one attached hydrogen (secondary N) is 2. The number of hydrogen-bond donors (Lipinski definition) is 3. The van der Waals surface area contributed by atoms with Crippen LogP contribution in [-0.2, 0) is 10.0 Å². The molecule has 0 spiro atoms. The molecule has 1 aliphatic heterocycles. The highest BCUT2D eigenvalue weighted by Gasteiger charge is 2.32. The SMILES string of the molecule is Cc1cn2nc(C3CCCCN3C(=O)c3cc(Cl)ccc3NS(C)(=O)=O)cc2nc1NC1CC(N)C1. The number of aromatic nitrogens is 3. The first-order chi connectivity index (χ1) is 17.1. The summed E-state index contributed by atoms with van der Waals surface area (Å²) in [4.78, 5) is 20.3. The van der Waals surface area contributed by atoms with Gasteiger partial charge < -0.3 is 16.0 Å². The molecule has 1 saturated carbocycles. The zero-order chi connectivity index (χ0) is 25.6. The van der Waals surface area contributed by atoms with Crippen LogP contribution >= 0.6 is 11.6 Å². The van der Waals surface area contributed by atoms with Crippen LogP contribution in [0.15, 0.2) is 30.5 Å². The molecule has 12 heteroatoms. The van der Waals surface area contributed by atoms with Crippen LogP contribution in [0.1, 0.15) is 59.8 Å². The van der Waals surface area contributed by atoms with E-state index in [-0.39, 0.29) is 29.2 Å². The van der Waals surface area contributed by atoms with Crippen LogP contribution in [0, 0.1) is 6.92 Å². The Hall–Kier alpha value is -2.89. The molecule has 3 heterocycles. The Bertz CT molecular complexity index is 1420. The van der Waals surface area contributed by atoms with Crippen LogP contribution < -0.4 is 15.8 Å². The number of fused-ring (bicyclic) bond motifs is 1. The van der Waals surface area contributed by atoms with Crippen molar-refractivity contribution < 1.29 is 13.2 Å². The number of halogens is 1. The molecule has 0 bridgehead atoms. The largest absolute Gasteiger partial charge is 0.367 e. The predicted molar refractivity (Wildman–Crippen MR) is 140 cm³/mol. The van der Waals surface area contributed by atoms with E-state index in [0.717, 1.165) is 55.4 Å². The van der Waals surface area contributed by atoms with Crippen molar-refractivity contribution in [1.29, 1.82) is 0 Å². The van der Waals surface area contributed by atoms with E-state index in [4.69, 9.17) is 27.4 Å². The third-order valence-corrected chi connectivity index (χ3v) is 7.60. The average molecular weight is 532 g/mol. The van der Waals surface area contributed by atoms with Crippen molar-refractivity contribution in [3.8, 4) is 0 Å². The second kappa shape index (κ2) is 9.53. The van der Waals surface area contributed by atoms with Gasteiger partial charge in [-0.05, 0) is 57.2 Å². The number of nitrogens with zero attached hydrogens (tertiary/aromatic N) is 4. The van der Waals surface area contributed by atoms with E-state index in [0.29, 0.717) is 23.3 Å². The number of anilines is 2. The molecule has 1 aromatic carbocycles. The molecule has 5 rings (SSSR count). The number of amides is 1. The van der Waals surface area contributed by atoms with E-state index in [1.165, 1.54) is 12.1 Å². The highest BCUT2D eigenvalue weighted by Crippen LogP contribution is 2.34. The second-order valence-corrected chi connectivity index (χ2v) is 12.0. The van der Waals surface area contributed by atoms with Gasteiger partial charge in [-0.2, -0.15) is 5.10 Å². The average Bonchev–Trinajstić information content (AvgIpc) is 3.20. The van der Waals surface area contributed by atoms with Crippen LogP contribution in [0.25, 0.3) is 5.65 Å². The Labute approximate surface area is 215 Å². The van der Waals surface area contributed by atoms with Gasteiger partial charge in [-0.15, -0.1) is 0 Å². The first-order valence-corrected chi connectivity index (χ1v) is 14.3. The lowest BCUT2D eigenvalue weighted by molar-refractivity contribution is 0.0607. The van der Waals surface area contributed by atoms with Crippen molar-refractivity contribution in [2.45, 2.75) is 57.2 Å². The minimum absolute atomic E-state index is 0.204. The summed E-state index contributed by atoms with van der Waals surface area (Å²) in [5.74, 6) is 0.524. The molecular formula is C24H30ClN7O3S. The first-order valence-electron chi connectivity index (χ1n) is 12.0. The molecule has 4 N–H and O–H groups in total. The number of carbonyl (C=O) groups excluding carboxylic acids is 1. The van der Waals surface area contributed by atoms with E-state index >= 15 is 0 Å². The molecule has 2 fully saturated rings. The fourth-order valence-electron chi connectivity index (χ4n) is 4.93. The molecule has 3 aromatic rings. The Morgan fingerprint density at radius 1 is 1.22 bits per heavy atom. The van der Waals surface area contributed by atoms with Gasteiger partial charge in [-0.25, -0.2) is 17.9 Å². The molecular weight excluding hydrogens is 502 g/mol. The summed E-state index contributed by atoms with van der Waals surface area (Å²) in [6.07, 6.45) is 7.38. The van der Waals surface area contributed by atoms with Crippen molar-refractivity contribution in [3.63, 3.8) is 0 Å². The van der Waals surface area contributed by atoms with Crippen molar-refractivity contribution in [1.82, 2.24) is 19.5 Å². The Balaban J connectivity index is 1.45. The maximum absolute atomic E-state index is 13.7. The summed E-state index contributed by atoms with van der Waals surface area (Å²) in [6, 6.07) is 6.79. The molecule has 1 unspecified atom stereocenters. The summed E-state index contributed by atoms with van der Waals surface area (Å²) in [5.41, 5.74) is 8.75. The van der Waals surface area contributed by atoms with Crippen molar-refractivity contribution in [2.24, 2.45) is 5.73 Å². The lowest BCUT2D eigenvalue weighted by atomic mass is 9.87. The van der Waals surface area contributed by atoms with E-state index < -0.39 is 10.0 Å². The Kier molecular flexibility index (Phi) is 6.56. The molecule has 0 radical (unpaired) electrons. The molecule has 1 saturated heterocycles. The number of piperidine rings is 1. The zero-order valence-corrected chi connectivity index (χ0v) is 21.8. The first kappa shape index (κ1) is 24.8. The lowest BCUT2D eigenvalue weighted by Gasteiger charge is -2.35. The smallest absolute Gasteiger partial charge is 0.256 e. The number of benzene rings is 1. The van der Waals surface area contributed by atoms with Gasteiger partial charge in [0.25, 0.3) is 5.91 Å². The van der Waals surface area contributed by atoms with Crippen molar-refractivity contribution in [3.05, 3.63) is 52.3 Å². The molecule has 1 aliphatic carbocycles. The third kappa shape index (κ3) is 5.14. The quantitative estimate of drug-likeness (QED) is 0.444. The van der Waals surface area contributed by atoms with Gasteiger partial charge in [0.15, 0.2) is 5.65 Å². The van der Waals surface area contributed by atoms with Crippen LogP contribution in [0.4, 0.5) is 11.5 Å². The molecule has 10 nitrogen and oxygen atoms in total. The maximum atomic E-state index is 13.7. The summed E-state index contributed by atoms with van der Waals surface area (Å²) in [6.45, 7) is 2.52. The van der Waals surface area contributed by atoms with Gasteiger partial charge in [-0.1, -0.05) is 11.6 Å². The number of nitrogens with two attached hydrogens (primary N) is 1. The topological polar surface area (TPSA) is 135 Å². The number of hydrogen-bond acceptors (Lipinski definition) is 7. The van der Waals surface area contributed by atoms with Gasteiger partial charge in [0.1, 0.15) is 5.82 Å². The normalized spacial score (nSPS) is 22.3. The minimum Gasteiger partial charge on any atom is -0.367 e. The number of sulfonamides is 1. The molecule has 2 aromatic heterocycles. The zero-order valence-electron chi connectivity index (χ0n) is 20.2. The van der Waals surface area contributed by atoms with Gasteiger partial charge in [0.2, 0.25) is 10.0 Å². The van der Waals surface area contributed by atoms with Gasteiger partial charge in [-0.3, -0.25) is 9.52 Å². The molecule has 36 heavy (non-hydrogen) atoms. The van der Waals surface area contributed by atoms with Crippen LogP contribution in [0.5, 0.6) is 0 Å². The van der Waals surface area contributed by atoms with E-state index in [1.807, 2.05) is 19.2 Å². The Morgan fingerprint density at radius 2 is 2.00 bits per heavy atom. The summed E-state index contributed by atoms with van der Waals surface area (Å²) in [7, 11) is -3.58. The molecule has 1 atom stereocenters. The highest BCUT2D eigenvalue weighted by atomic mass is 35.5. The van der Waals surface area contributed by atoms with Gasteiger partial charge in [0.05, 0.1) is 29.2 Å². The lowest BCUT2D eigenvalue weighted by Crippen LogP contribution is -2.44. The monoisotopic (exact) mass is 531 g/mol. The molecule has 2 aliphatic rings. The van der Waals surface area contributed by atoms with Crippen molar-refractivity contribution >= 4 is 44.7 Å². The summed E-state index contributed by atoms with van der Waals surface area (Å²) in [5, 5.41) is 8.59. The van der Waals surface area contributed by atoms with E-state index in [2.05, 4.69) is 10.0 Å². The fourth-order valence-corrected chi connectivity index (χ4v) is 5.68. The fraction of sp³-hybridized carbons (Fsp3) is 0.458. The molecule has 192 valence electrons. The molecule has 1 amide bonds. The third-order valence-electron chi connectivity index (χ3n) is 6.78. The van der Waals surface area contributed by atoms with Crippen LogP contribution in [0.3, 0.4) is 0 Å². The summed E-state index contributed by atoms with van der Waals surface area (Å²) >= 11 is 6.18. The van der Waals surface area contributed by atoms with Crippen molar-refractivity contribution in [2.75, 3.05) is 22.8 Å².